The van der Waals surface area contributed by atoms with Gasteiger partial charge in [-0.05, 0) is 49.4 Å². The fourth-order valence-corrected chi connectivity index (χ4v) is 3.62. The topological polar surface area (TPSA) is 73.7 Å². The zero-order chi connectivity index (χ0) is 17.6. The lowest BCUT2D eigenvalue weighted by Gasteiger charge is -2.29. The summed E-state index contributed by atoms with van der Waals surface area (Å²) in [5.74, 6) is 0.891. The van der Waals surface area contributed by atoms with E-state index >= 15 is 0 Å². The van der Waals surface area contributed by atoms with Gasteiger partial charge >= 0.3 is 0 Å². The van der Waals surface area contributed by atoms with Gasteiger partial charge in [0, 0.05) is 29.4 Å². The van der Waals surface area contributed by atoms with Gasteiger partial charge in [0.1, 0.15) is 11.9 Å². The van der Waals surface area contributed by atoms with E-state index in [1.165, 1.54) is 0 Å². The molecule has 0 aliphatic carbocycles. The number of nitrogens with two attached hydrogens (primary N) is 2. The Kier molecular flexibility index (Phi) is 6.07. The van der Waals surface area contributed by atoms with E-state index in [4.69, 9.17) is 20.9 Å². The molecular formula is C19H25N3O2S. The molecule has 1 atom stereocenters. The Bertz CT molecular complexity index is 688. The van der Waals surface area contributed by atoms with E-state index in [0.717, 1.165) is 48.4 Å². The van der Waals surface area contributed by atoms with E-state index in [2.05, 4.69) is 24.0 Å². The number of ether oxygens (including phenoxy) is 2. The highest BCUT2D eigenvalue weighted by Crippen LogP contribution is 2.31. The smallest absolute Gasteiger partial charge is 0.119 e. The summed E-state index contributed by atoms with van der Waals surface area (Å²) in [6, 6.07) is 13.9. The maximum Gasteiger partial charge on any atom is 0.119 e. The number of hydrogen-bond donors (Lipinski definition) is 2. The van der Waals surface area contributed by atoms with Crippen molar-refractivity contribution in [1.82, 2.24) is 4.90 Å². The molecule has 0 spiro atoms. The molecule has 3 rings (SSSR count). The standard InChI is InChI=1S/C19H25N3O2S/c1-14(13-22-8-10-23-11-9-22)24-15-2-4-16(5-3-15)25-17-6-7-18(20)19(21)12-17/h2-7,12,14H,8-11,13,20-21H2,1H3. The number of benzene rings is 2. The van der Waals surface area contributed by atoms with Crippen LogP contribution in [0.15, 0.2) is 52.3 Å². The molecule has 6 heteroatoms. The first-order valence-corrected chi connectivity index (χ1v) is 9.31. The quantitative estimate of drug-likeness (QED) is 0.772. The van der Waals surface area contributed by atoms with Crippen molar-refractivity contribution in [3.63, 3.8) is 0 Å². The van der Waals surface area contributed by atoms with Crippen LogP contribution in [0.25, 0.3) is 0 Å². The predicted octanol–water partition coefficient (Wildman–Crippen LogP) is 3.10. The molecule has 1 aliphatic heterocycles. The van der Waals surface area contributed by atoms with Crippen molar-refractivity contribution in [1.29, 1.82) is 0 Å². The fourth-order valence-electron chi connectivity index (χ4n) is 2.76. The highest BCUT2D eigenvalue weighted by molar-refractivity contribution is 7.99. The van der Waals surface area contributed by atoms with Crippen LogP contribution in [0.5, 0.6) is 5.75 Å². The van der Waals surface area contributed by atoms with Gasteiger partial charge in [-0.1, -0.05) is 11.8 Å². The minimum absolute atomic E-state index is 0.147. The SMILES string of the molecule is CC(CN1CCOCC1)Oc1ccc(Sc2ccc(N)c(N)c2)cc1. The molecule has 4 N–H and O–H groups in total. The Labute approximate surface area is 153 Å². The molecule has 0 amide bonds. The molecule has 134 valence electrons. The third kappa shape index (κ3) is 5.29. The minimum Gasteiger partial charge on any atom is -0.489 e. The third-order valence-electron chi connectivity index (χ3n) is 4.07. The van der Waals surface area contributed by atoms with E-state index in [9.17, 15) is 0 Å². The molecule has 1 aliphatic rings. The molecular weight excluding hydrogens is 334 g/mol. The lowest BCUT2D eigenvalue weighted by molar-refractivity contribution is 0.0218. The van der Waals surface area contributed by atoms with Crippen LogP contribution in [0.1, 0.15) is 6.92 Å². The van der Waals surface area contributed by atoms with Crippen LogP contribution in [0.4, 0.5) is 11.4 Å². The van der Waals surface area contributed by atoms with E-state index < -0.39 is 0 Å². The zero-order valence-electron chi connectivity index (χ0n) is 14.5. The Morgan fingerprint density at radius 1 is 1.04 bits per heavy atom. The third-order valence-corrected chi connectivity index (χ3v) is 5.07. The highest BCUT2D eigenvalue weighted by Gasteiger charge is 2.14. The molecule has 2 aromatic rings. The van der Waals surface area contributed by atoms with Crippen molar-refractivity contribution in [2.45, 2.75) is 22.8 Å². The molecule has 0 aromatic heterocycles. The second kappa shape index (κ2) is 8.47. The predicted molar refractivity (Wildman–Crippen MR) is 103 cm³/mol. The summed E-state index contributed by atoms with van der Waals surface area (Å²) in [6.45, 7) is 6.62. The molecule has 25 heavy (non-hydrogen) atoms. The normalized spacial score (nSPS) is 16.5. The maximum absolute atomic E-state index is 6.03. The number of rotatable bonds is 6. The van der Waals surface area contributed by atoms with Crippen molar-refractivity contribution in [3.8, 4) is 5.75 Å². The first-order valence-electron chi connectivity index (χ1n) is 8.50. The van der Waals surface area contributed by atoms with E-state index in [1.54, 1.807) is 11.8 Å². The molecule has 0 radical (unpaired) electrons. The molecule has 1 fully saturated rings. The van der Waals surface area contributed by atoms with E-state index in [0.29, 0.717) is 11.4 Å². The lowest BCUT2D eigenvalue weighted by atomic mass is 10.3. The molecule has 0 saturated carbocycles. The minimum atomic E-state index is 0.147. The Morgan fingerprint density at radius 2 is 1.72 bits per heavy atom. The summed E-state index contributed by atoms with van der Waals surface area (Å²) in [7, 11) is 0. The summed E-state index contributed by atoms with van der Waals surface area (Å²) in [5.41, 5.74) is 12.8. The van der Waals surface area contributed by atoms with Crippen molar-refractivity contribution in [2.75, 3.05) is 44.3 Å². The van der Waals surface area contributed by atoms with Crippen molar-refractivity contribution in [3.05, 3.63) is 42.5 Å². The monoisotopic (exact) mass is 359 g/mol. The summed E-state index contributed by atoms with van der Waals surface area (Å²) in [5, 5.41) is 0. The van der Waals surface area contributed by atoms with Crippen LogP contribution < -0.4 is 16.2 Å². The summed E-state index contributed by atoms with van der Waals surface area (Å²) in [6.07, 6.45) is 0.147. The van der Waals surface area contributed by atoms with Crippen molar-refractivity contribution >= 4 is 23.1 Å². The summed E-state index contributed by atoms with van der Waals surface area (Å²) >= 11 is 1.65. The second-order valence-corrected chi connectivity index (χ2v) is 7.35. The van der Waals surface area contributed by atoms with Crippen molar-refractivity contribution in [2.24, 2.45) is 0 Å². The first-order chi connectivity index (χ1) is 12.1. The highest BCUT2D eigenvalue weighted by atomic mass is 32.2. The Balaban J connectivity index is 1.53. The lowest BCUT2D eigenvalue weighted by Crippen LogP contribution is -2.41. The number of nitrogens with zero attached hydrogens (tertiary/aromatic N) is 1. The molecule has 2 aromatic carbocycles. The first kappa shape index (κ1) is 17.9. The van der Waals surface area contributed by atoms with Gasteiger partial charge < -0.3 is 20.9 Å². The molecule has 0 bridgehead atoms. The van der Waals surface area contributed by atoms with Gasteiger partial charge in [0.2, 0.25) is 0 Å². The molecule has 1 heterocycles. The average molecular weight is 359 g/mol. The number of nitrogen functional groups attached to an aromatic ring is 2. The molecule has 5 nitrogen and oxygen atoms in total. The molecule has 1 saturated heterocycles. The van der Waals surface area contributed by atoms with Crippen LogP contribution in [0, 0.1) is 0 Å². The largest absolute Gasteiger partial charge is 0.489 e. The van der Waals surface area contributed by atoms with Crippen molar-refractivity contribution < 1.29 is 9.47 Å². The van der Waals surface area contributed by atoms with Gasteiger partial charge in [0.25, 0.3) is 0 Å². The van der Waals surface area contributed by atoms with Crippen LogP contribution in [-0.4, -0.2) is 43.9 Å². The summed E-state index contributed by atoms with van der Waals surface area (Å²) < 4.78 is 11.4. The zero-order valence-corrected chi connectivity index (χ0v) is 15.3. The van der Waals surface area contributed by atoms with Crippen LogP contribution in [0.3, 0.4) is 0 Å². The number of morpholine rings is 1. The summed E-state index contributed by atoms with van der Waals surface area (Å²) in [4.78, 5) is 4.59. The van der Waals surface area contributed by atoms with Gasteiger partial charge in [-0.3, -0.25) is 4.90 Å². The number of anilines is 2. The Morgan fingerprint density at radius 3 is 2.40 bits per heavy atom. The van der Waals surface area contributed by atoms with E-state index in [-0.39, 0.29) is 6.10 Å². The number of hydrogen-bond acceptors (Lipinski definition) is 6. The van der Waals surface area contributed by atoms with Crippen LogP contribution >= 0.6 is 11.8 Å². The van der Waals surface area contributed by atoms with Crippen LogP contribution in [-0.2, 0) is 4.74 Å². The Hall–Kier alpha value is -1.89. The van der Waals surface area contributed by atoms with Gasteiger partial charge in [-0.15, -0.1) is 0 Å². The van der Waals surface area contributed by atoms with Gasteiger partial charge in [0.05, 0.1) is 24.6 Å². The second-order valence-electron chi connectivity index (χ2n) is 6.21. The fraction of sp³-hybridized carbons (Fsp3) is 0.368. The van der Waals surface area contributed by atoms with Crippen LogP contribution in [0.2, 0.25) is 0 Å². The average Bonchev–Trinajstić information content (AvgIpc) is 2.61. The van der Waals surface area contributed by atoms with E-state index in [1.807, 2.05) is 30.3 Å². The maximum atomic E-state index is 6.03. The van der Waals surface area contributed by atoms with Gasteiger partial charge in [0.15, 0.2) is 0 Å². The van der Waals surface area contributed by atoms with Gasteiger partial charge in [-0.25, -0.2) is 0 Å². The van der Waals surface area contributed by atoms with Gasteiger partial charge in [-0.2, -0.15) is 0 Å². The molecule has 1 unspecified atom stereocenters.